The van der Waals surface area contributed by atoms with E-state index in [0.717, 1.165) is 0 Å². The number of amides is 2. The number of fused-ring (bicyclic) bond motifs is 3. The summed E-state index contributed by atoms with van der Waals surface area (Å²) in [6.07, 6.45) is -0.217. The Morgan fingerprint density at radius 3 is 2.38 bits per heavy atom. The van der Waals surface area contributed by atoms with E-state index in [1.54, 1.807) is 14.1 Å². The van der Waals surface area contributed by atoms with Crippen molar-refractivity contribution in [1.82, 2.24) is 4.90 Å². The first-order valence-corrected chi connectivity index (χ1v) is 9.95. The van der Waals surface area contributed by atoms with Gasteiger partial charge in [-0.1, -0.05) is 0 Å². The number of primary amides is 1. The highest BCUT2D eigenvalue weighted by Crippen LogP contribution is 2.51. The number of aliphatic hydroxyl groups is 3. The first kappa shape index (κ1) is 21.6. The smallest absolute Gasteiger partial charge is 0.255 e. The molecule has 0 aromatic heterocycles. The Morgan fingerprint density at radius 1 is 1.12 bits per heavy atom. The summed E-state index contributed by atoms with van der Waals surface area (Å²) < 4.78 is 0. The molecular formula is C22H22N2O8. The number of carbonyl (C=O) groups excluding carboxylic acids is 4. The number of hydrogen-bond donors (Lipinski definition) is 5. The predicted octanol–water partition coefficient (Wildman–Crippen LogP) is 0.282. The number of aliphatic hydroxyl groups excluding tert-OH is 2. The molecule has 1 aromatic rings. The van der Waals surface area contributed by atoms with Gasteiger partial charge >= 0.3 is 0 Å². The van der Waals surface area contributed by atoms with Gasteiger partial charge in [0.2, 0.25) is 5.78 Å². The molecule has 32 heavy (non-hydrogen) atoms. The topological polar surface area (TPSA) is 178 Å². The van der Waals surface area contributed by atoms with Gasteiger partial charge in [0.1, 0.15) is 22.8 Å². The van der Waals surface area contributed by atoms with E-state index in [-0.39, 0.29) is 41.9 Å². The molecule has 0 bridgehead atoms. The van der Waals surface area contributed by atoms with E-state index in [0.29, 0.717) is 5.56 Å². The molecule has 0 saturated carbocycles. The normalized spacial score (nSPS) is 27.0. The van der Waals surface area contributed by atoms with Gasteiger partial charge in [-0.2, -0.15) is 0 Å². The minimum atomic E-state index is -2.61. The third-order valence-corrected chi connectivity index (χ3v) is 6.58. The lowest BCUT2D eigenvalue weighted by molar-refractivity contribution is -0.144. The van der Waals surface area contributed by atoms with Gasteiger partial charge in [0.25, 0.3) is 11.8 Å². The van der Waals surface area contributed by atoms with Crippen molar-refractivity contribution in [3.63, 3.8) is 0 Å². The molecule has 0 saturated heterocycles. The third-order valence-electron chi connectivity index (χ3n) is 6.58. The molecule has 10 heteroatoms. The maximum Gasteiger partial charge on any atom is 0.255 e. The molecule has 3 aliphatic carbocycles. The molecule has 0 heterocycles. The van der Waals surface area contributed by atoms with Gasteiger partial charge in [0, 0.05) is 37.6 Å². The summed E-state index contributed by atoms with van der Waals surface area (Å²) in [5.74, 6) is -7.36. The Hall–Kier alpha value is -3.66. The van der Waals surface area contributed by atoms with E-state index in [9.17, 15) is 39.6 Å². The lowest BCUT2D eigenvalue weighted by Gasteiger charge is -2.45. The van der Waals surface area contributed by atoms with Crippen LogP contribution in [0.1, 0.15) is 39.1 Å². The summed E-state index contributed by atoms with van der Waals surface area (Å²) in [4.78, 5) is 51.8. The molecule has 0 spiro atoms. The van der Waals surface area contributed by atoms with Gasteiger partial charge in [-0.05, 0) is 36.5 Å². The summed E-state index contributed by atoms with van der Waals surface area (Å²) in [7, 11) is 3.09. The van der Waals surface area contributed by atoms with Crippen LogP contribution in [0.2, 0.25) is 0 Å². The first-order chi connectivity index (χ1) is 14.9. The van der Waals surface area contributed by atoms with Crippen molar-refractivity contribution in [2.24, 2.45) is 17.6 Å². The summed E-state index contributed by atoms with van der Waals surface area (Å²) >= 11 is 0. The van der Waals surface area contributed by atoms with Crippen molar-refractivity contribution < 1.29 is 39.6 Å². The maximum absolute atomic E-state index is 13.4. The number of Topliss-reactive ketones (excluding diaryl/α,β-unsaturated/α-hetero) is 2. The van der Waals surface area contributed by atoms with E-state index in [2.05, 4.69) is 0 Å². The number of carbonyl (C=O) groups is 4. The standard InChI is InChI=1S/C22H22N2O8/c1-24(2)21(31)10-3-4-12(25)15-11(10)6-8-5-9-7-13(26)16(20(23)30)19(29)22(9,32)18(28)14(8)17(15)27/h3-4,8-9,25-26,28,32H,5-7H2,1-2H3,(H2,23,30)/t8-,9+,22?/m1/s1. The van der Waals surface area contributed by atoms with Crippen LogP contribution in [0.4, 0.5) is 0 Å². The minimum absolute atomic E-state index is 0.00810. The van der Waals surface area contributed by atoms with Crippen molar-refractivity contribution in [3.05, 3.63) is 51.5 Å². The monoisotopic (exact) mass is 442 g/mol. The number of phenolic OH excluding ortho intramolecular Hbond substituents is 1. The lowest BCUT2D eigenvalue weighted by atomic mass is 9.60. The second-order valence-electron chi connectivity index (χ2n) is 8.60. The highest BCUT2D eigenvalue weighted by atomic mass is 16.3. The molecule has 3 aliphatic rings. The second-order valence-corrected chi connectivity index (χ2v) is 8.60. The molecule has 2 amide bonds. The van der Waals surface area contributed by atoms with Gasteiger partial charge in [0.15, 0.2) is 11.4 Å². The lowest BCUT2D eigenvalue weighted by Crippen LogP contribution is -2.57. The molecule has 1 unspecified atom stereocenters. The van der Waals surface area contributed by atoms with Gasteiger partial charge in [-0.25, -0.2) is 0 Å². The molecule has 0 fully saturated rings. The molecule has 168 valence electrons. The summed E-state index contributed by atoms with van der Waals surface area (Å²) in [5.41, 5.74) is 1.81. The first-order valence-electron chi connectivity index (χ1n) is 9.95. The highest BCUT2D eigenvalue weighted by Gasteiger charge is 2.59. The highest BCUT2D eigenvalue weighted by molar-refractivity contribution is 6.24. The number of phenols is 1. The maximum atomic E-state index is 13.4. The fourth-order valence-corrected chi connectivity index (χ4v) is 5.06. The van der Waals surface area contributed by atoms with E-state index >= 15 is 0 Å². The van der Waals surface area contributed by atoms with Gasteiger partial charge in [0.05, 0.1) is 5.56 Å². The minimum Gasteiger partial charge on any atom is -0.511 e. The van der Waals surface area contributed by atoms with Crippen molar-refractivity contribution >= 4 is 23.4 Å². The molecule has 0 aliphatic heterocycles. The van der Waals surface area contributed by atoms with Crippen LogP contribution in [-0.2, 0) is 16.0 Å². The fourth-order valence-electron chi connectivity index (χ4n) is 5.06. The van der Waals surface area contributed by atoms with Crippen LogP contribution in [-0.4, -0.2) is 68.4 Å². The number of aromatic hydroxyl groups is 1. The van der Waals surface area contributed by atoms with Crippen LogP contribution in [0.25, 0.3) is 0 Å². The van der Waals surface area contributed by atoms with Crippen molar-refractivity contribution in [3.8, 4) is 5.75 Å². The number of allylic oxidation sites excluding steroid dienone is 2. The number of ketones is 2. The average molecular weight is 442 g/mol. The van der Waals surface area contributed by atoms with Crippen LogP contribution in [0.15, 0.2) is 34.8 Å². The number of hydrogen-bond acceptors (Lipinski definition) is 8. The average Bonchev–Trinajstić information content (AvgIpc) is 2.70. The second kappa shape index (κ2) is 6.92. The number of benzene rings is 1. The molecular weight excluding hydrogens is 420 g/mol. The Bertz CT molecular complexity index is 1180. The third kappa shape index (κ3) is 2.69. The van der Waals surface area contributed by atoms with Crippen LogP contribution in [0, 0.1) is 11.8 Å². The molecule has 3 atom stereocenters. The molecule has 6 N–H and O–H groups in total. The summed E-state index contributed by atoms with van der Waals surface area (Å²) in [5, 5.41) is 42.6. The fraction of sp³-hybridized carbons (Fsp3) is 0.364. The van der Waals surface area contributed by atoms with E-state index < -0.39 is 57.8 Å². The Labute approximate surface area is 182 Å². The zero-order valence-corrected chi connectivity index (χ0v) is 17.4. The van der Waals surface area contributed by atoms with E-state index in [1.807, 2.05) is 0 Å². The zero-order chi connectivity index (χ0) is 23.7. The van der Waals surface area contributed by atoms with Crippen LogP contribution in [0.5, 0.6) is 5.75 Å². The Kier molecular flexibility index (Phi) is 4.67. The van der Waals surface area contributed by atoms with Crippen molar-refractivity contribution in [1.29, 1.82) is 0 Å². The SMILES string of the molecule is CN(C)C(=O)c1ccc(O)c2c1C[C@H]1C[C@H]3CC(O)=C(C(N)=O)C(=O)C3(O)C(O)=C1C2=O. The quantitative estimate of drug-likeness (QED) is 0.405. The number of nitrogens with zero attached hydrogens (tertiary/aromatic N) is 1. The van der Waals surface area contributed by atoms with E-state index in [4.69, 9.17) is 5.73 Å². The van der Waals surface area contributed by atoms with Crippen LogP contribution >= 0.6 is 0 Å². The van der Waals surface area contributed by atoms with Gasteiger partial charge < -0.3 is 31.1 Å². The zero-order valence-electron chi connectivity index (χ0n) is 17.4. The van der Waals surface area contributed by atoms with Gasteiger partial charge in [-0.3, -0.25) is 19.2 Å². The number of nitrogens with two attached hydrogens (primary N) is 1. The largest absolute Gasteiger partial charge is 0.511 e. The van der Waals surface area contributed by atoms with Crippen LogP contribution < -0.4 is 5.73 Å². The Morgan fingerprint density at radius 2 is 1.78 bits per heavy atom. The predicted molar refractivity (Wildman–Crippen MR) is 109 cm³/mol. The summed E-state index contributed by atoms with van der Waals surface area (Å²) in [6.45, 7) is 0. The van der Waals surface area contributed by atoms with Crippen molar-refractivity contribution in [2.45, 2.75) is 24.9 Å². The molecule has 1 aromatic carbocycles. The number of rotatable bonds is 2. The molecule has 0 radical (unpaired) electrons. The molecule has 4 rings (SSSR count). The summed E-state index contributed by atoms with van der Waals surface area (Å²) in [6, 6.07) is 2.61. The van der Waals surface area contributed by atoms with E-state index in [1.165, 1.54) is 17.0 Å². The Balaban J connectivity index is 1.91. The van der Waals surface area contributed by atoms with Gasteiger partial charge in [-0.15, -0.1) is 0 Å². The van der Waals surface area contributed by atoms with Crippen LogP contribution in [0.3, 0.4) is 0 Å². The van der Waals surface area contributed by atoms with Crippen molar-refractivity contribution in [2.75, 3.05) is 14.1 Å². The molecule has 10 nitrogen and oxygen atoms in total.